The summed E-state index contributed by atoms with van der Waals surface area (Å²) in [6.45, 7) is 16.2. The predicted octanol–water partition coefficient (Wildman–Crippen LogP) is 3.30. The van der Waals surface area contributed by atoms with Gasteiger partial charge in [0.2, 0.25) is 0 Å². The smallest absolute Gasteiger partial charge is 0 e. The van der Waals surface area contributed by atoms with Crippen molar-refractivity contribution in [2.24, 2.45) is 0 Å². The Morgan fingerprint density at radius 3 is 0.778 bits per heavy atom. The van der Waals surface area contributed by atoms with Crippen LogP contribution in [0.3, 0.4) is 0 Å². The van der Waals surface area contributed by atoms with Crippen molar-refractivity contribution in [3.05, 3.63) is 19.8 Å². The van der Waals surface area contributed by atoms with E-state index in [9.17, 15) is 0 Å². The van der Waals surface area contributed by atoms with Crippen molar-refractivity contribution in [1.82, 2.24) is 0 Å². The zero-order valence-electron chi connectivity index (χ0n) is 7.62. The standard InChI is InChI=1S/C4H9.2C2H5.Zn/c1-4(2)3;2*1-2;/h1-3H3;2*1H2,2H3;/q3*-1;. The van der Waals surface area contributed by atoms with Crippen LogP contribution in [0, 0.1) is 19.8 Å². The Morgan fingerprint density at radius 1 is 0.778 bits per heavy atom. The zero-order valence-corrected chi connectivity index (χ0v) is 10.6. The van der Waals surface area contributed by atoms with Crippen molar-refractivity contribution in [2.75, 3.05) is 0 Å². The summed E-state index contributed by atoms with van der Waals surface area (Å²) >= 11 is 0. The molecular weight excluding hydrogens is 161 g/mol. The van der Waals surface area contributed by atoms with E-state index in [-0.39, 0.29) is 19.5 Å². The zero-order chi connectivity index (χ0) is 7.58. The molecule has 0 N–H and O–H groups in total. The van der Waals surface area contributed by atoms with Crippen LogP contribution in [0.25, 0.3) is 0 Å². The summed E-state index contributed by atoms with van der Waals surface area (Å²) in [6.07, 6.45) is 0. The molecule has 0 atom stereocenters. The van der Waals surface area contributed by atoms with Gasteiger partial charge in [-0.05, 0) is 0 Å². The average Bonchev–Trinajstić information content (AvgIpc) is 1.75. The summed E-state index contributed by atoms with van der Waals surface area (Å²) in [4.78, 5) is 0. The van der Waals surface area contributed by atoms with Gasteiger partial charge in [-0.2, -0.15) is 34.6 Å². The molecule has 0 aliphatic heterocycles. The van der Waals surface area contributed by atoms with Crippen molar-refractivity contribution in [3.63, 3.8) is 0 Å². The minimum absolute atomic E-state index is 0. The van der Waals surface area contributed by atoms with Crippen molar-refractivity contribution in [1.29, 1.82) is 0 Å². The average molecular weight is 181 g/mol. The molecule has 0 aromatic rings. The van der Waals surface area contributed by atoms with Crippen LogP contribution in [0.5, 0.6) is 0 Å². The Balaban J connectivity index is -0.0000000221. The molecular formula is C8H19Zn-3. The normalized spacial score (nSPS) is 5.33. The fourth-order valence-electron chi connectivity index (χ4n) is 0. The number of hydrogen-bond donors (Lipinski definition) is 0. The minimum atomic E-state index is 0. The second-order valence-corrected chi connectivity index (χ2v) is 1.50. The summed E-state index contributed by atoms with van der Waals surface area (Å²) in [5.74, 6) is 1.42. The summed E-state index contributed by atoms with van der Waals surface area (Å²) in [5, 5.41) is 0. The number of rotatable bonds is 0. The van der Waals surface area contributed by atoms with Crippen LogP contribution >= 0.6 is 0 Å². The summed E-state index contributed by atoms with van der Waals surface area (Å²) < 4.78 is 0. The largest absolute Gasteiger partial charge is 0.346 e. The molecule has 0 saturated carbocycles. The van der Waals surface area contributed by atoms with Crippen LogP contribution in [-0.4, -0.2) is 0 Å². The molecule has 0 radical (unpaired) electrons. The summed E-state index contributed by atoms with van der Waals surface area (Å²) in [6, 6.07) is 0. The van der Waals surface area contributed by atoms with Crippen molar-refractivity contribution in [3.8, 4) is 0 Å². The summed E-state index contributed by atoms with van der Waals surface area (Å²) in [7, 11) is 0. The Hall–Kier alpha value is 0.623. The third kappa shape index (κ3) is 973. The Labute approximate surface area is 74.2 Å². The molecule has 0 amide bonds. The molecule has 0 aliphatic rings. The second-order valence-electron chi connectivity index (χ2n) is 1.50. The molecule has 1 heteroatoms. The molecule has 0 bridgehead atoms. The van der Waals surface area contributed by atoms with Gasteiger partial charge in [0.05, 0.1) is 0 Å². The van der Waals surface area contributed by atoms with E-state index >= 15 is 0 Å². The summed E-state index contributed by atoms with van der Waals surface area (Å²) in [5.41, 5.74) is 0. The van der Waals surface area contributed by atoms with Gasteiger partial charge in [0.15, 0.2) is 0 Å². The van der Waals surface area contributed by atoms with Crippen molar-refractivity contribution in [2.45, 2.75) is 34.6 Å². The Morgan fingerprint density at radius 2 is 0.778 bits per heavy atom. The Bertz CT molecular complexity index is 9.28. The third-order valence-electron chi connectivity index (χ3n) is 0. The first-order valence-electron chi connectivity index (χ1n) is 2.91. The van der Waals surface area contributed by atoms with E-state index in [1.165, 1.54) is 5.92 Å². The molecule has 0 fully saturated rings. The van der Waals surface area contributed by atoms with Crippen LogP contribution in [0.4, 0.5) is 0 Å². The third-order valence-corrected chi connectivity index (χ3v) is 0. The van der Waals surface area contributed by atoms with Gasteiger partial charge in [0.1, 0.15) is 0 Å². The van der Waals surface area contributed by atoms with Gasteiger partial charge in [0.25, 0.3) is 0 Å². The van der Waals surface area contributed by atoms with Crippen LogP contribution in [0.2, 0.25) is 0 Å². The van der Waals surface area contributed by atoms with Gasteiger partial charge in [-0.15, -0.1) is 0 Å². The molecule has 0 rings (SSSR count). The van der Waals surface area contributed by atoms with Gasteiger partial charge in [-0.3, -0.25) is 0 Å². The molecule has 56 valence electrons. The minimum Gasteiger partial charge on any atom is -0.346 e. The van der Waals surface area contributed by atoms with Crippen LogP contribution < -0.4 is 0 Å². The van der Waals surface area contributed by atoms with Gasteiger partial charge in [-0.25, -0.2) is 0 Å². The molecule has 9 heavy (non-hydrogen) atoms. The molecule has 0 nitrogen and oxygen atoms in total. The van der Waals surface area contributed by atoms with Crippen molar-refractivity contribution >= 4 is 0 Å². The first kappa shape index (κ1) is 22.6. The van der Waals surface area contributed by atoms with Gasteiger partial charge >= 0.3 is 0 Å². The molecule has 0 heterocycles. The molecule has 0 aromatic heterocycles. The van der Waals surface area contributed by atoms with Gasteiger partial charge < -0.3 is 19.8 Å². The maximum absolute atomic E-state index is 3.25. The maximum atomic E-state index is 3.25. The predicted molar refractivity (Wildman–Crippen MR) is 42.3 cm³/mol. The maximum Gasteiger partial charge on any atom is 0 e. The van der Waals surface area contributed by atoms with E-state index in [1.807, 2.05) is 0 Å². The fourth-order valence-corrected chi connectivity index (χ4v) is 0. The van der Waals surface area contributed by atoms with Crippen LogP contribution in [0.15, 0.2) is 0 Å². The topological polar surface area (TPSA) is 0 Å². The number of hydrogen-bond acceptors (Lipinski definition) is 0. The van der Waals surface area contributed by atoms with E-state index in [1.54, 1.807) is 13.8 Å². The first-order chi connectivity index (χ1) is 3.73. The SMILES string of the molecule is C[C-](C)C.[CH2-]C.[CH2-]C.[Zn]. The van der Waals surface area contributed by atoms with Crippen LogP contribution in [0.1, 0.15) is 34.6 Å². The second kappa shape index (κ2) is 38.2. The van der Waals surface area contributed by atoms with Crippen LogP contribution in [-0.2, 0) is 19.5 Å². The molecule has 0 unspecified atom stereocenters. The monoisotopic (exact) mass is 179 g/mol. The fraction of sp³-hybridized carbons (Fsp3) is 0.625. The molecule has 0 saturated heterocycles. The van der Waals surface area contributed by atoms with E-state index in [0.29, 0.717) is 0 Å². The quantitative estimate of drug-likeness (QED) is 0.396. The van der Waals surface area contributed by atoms with E-state index in [4.69, 9.17) is 0 Å². The molecule has 0 spiro atoms. The first-order valence-corrected chi connectivity index (χ1v) is 2.91. The van der Waals surface area contributed by atoms with E-state index in [2.05, 4.69) is 34.6 Å². The van der Waals surface area contributed by atoms with E-state index < -0.39 is 0 Å². The van der Waals surface area contributed by atoms with Crippen molar-refractivity contribution < 1.29 is 19.5 Å². The molecule has 0 aromatic carbocycles. The van der Waals surface area contributed by atoms with Gasteiger partial charge in [0, 0.05) is 19.5 Å². The van der Waals surface area contributed by atoms with E-state index in [0.717, 1.165) is 0 Å². The Kier molecular flexibility index (Phi) is 96.0. The van der Waals surface area contributed by atoms with Gasteiger partial charge in [-0.1, -0.05) is 0 Å². The molecule has 0 aliphatic carbocycles.